The van der Waals surface area contributed by atoms with Gasteiger partial charge in [-0.1, -0.05) is 13.8 Å². The van der Waals surface area contributed by atoms with Crippen molar-refractivity contribution in [3.63, 3.8) is 0 Å². The maximum Gasteiger partial charge on any atom is 0.276 e. The first-order valence-corrected chi connectivity index (χ1v) is 9.96. The van der Waals surface area contributed by atoms with E-state index >= 15 is 0 Å². The summed E-state index contributed by atoms with van der Waals surface area (Å²) in [5.41, 5.74) is 5.06. The van der Waals surface area contributed by atoms with Crippen molar-refractivity contribution >= 4 is 27.7 Å². The average Bonchev–Trinajstić information content (AvgIpc) is 2.71. The molecule has 29 heavy (non-hydrogen) atoms. The molecule has 0 aliphatic carbocycles. The quantitative estimate of drug-likeness (QED) is 0.552. The van der Waals surface area contributed by atoms with Crippen LogP contribution in [0.1, 0.15) is 30.6 Å². The van der Waals surface area contributed by atoms with Crippen LogP contribution < -0.4 is 25.1 Å². The number of hydrogen-bond donors (Lipinski definition) is 2. The molecule has 0 saturated heterocycles. The fourth-order valence-corrected chi connectivity index (χ4v) is 2.71. The third-order valence-corrected chi connectivity index (χ3v) is 4.51. The molecule has 0 bridgehead atoms. The monoisotopic (exact) mass is 464 g/mol. The fraction of sp³-hybridized carbons (Fsp3) is 0.333. The van der Waals surface area contributed by atoms with E-state index in [1.807, 2.05) is 0 Å². The third kappa shape index (κ3) is 7.65. The van der Waals surface area contributed by atoms with Gasteiger partial charge in [-0.15, -0.1) is 0 Å². The molecule has 0 spiro atoms. The van der Waals surface area contributed by atoms with Crippen molar-refractivity contribution in [3.05, 3.63) is 52.5 Å². The molecule has 7 nitrogen and oxygen atoms in total. The van der Waals surface area contributed by atoms with Crippen molar-refractivity contribution in [1.29, 1.82) is 0 Å². The van der Waals surface area contributed by atoms with Crippen LogP contribution in [0.15, 0.2) is 46.9 Å². The number of amides is 2. The Morgan fingerprint density at radius 2 is 1.69 bits per heavy atom. The van der Waals surface area contributed by atoms with Crippen molar-refractivity contribution in [2.24, 2.45) is 5.92 Å². The Labute approximate surface area is 178 Å². The Bertz CT molecular complexity index is 824. The molecule has 0 unspecified atom stereocenters. The van der Waals surface area contributed by atoms with Crippen LogP contribution in [-0.2, 0) is 4.79 Å². The smallest absolute Gasteiger partial charge is 0.276 e. The maximum atomic E-state index is 12.2. The Kier molecular flexibility index (Phi) is 8.79. The number of halogens is 1. The highest BCUT2D eigenvalue weighted by molar-refractivity contribution is 9.10. The SMILES string of the molecule is COc1ccc(OCC(=O)NNC(=O)c2ccc(OCCC(C)C)c(Br)c2)cc1. The van der Waals surface area contributed by atoms with Crippen LogP contribution in [0.4, 0.5) is 0 Å². The number of carbonyl (C=O) groups is 2. The van der Waals surface area contributed by atoms with E-state index in [0.717, 1.165) is 6.42 Å². The Balaban J connectivity index is 1.78. The fourth-order valence-electron chi connectivity index (χ4n) is 2.22. The number of benzene rings is 2. The molecular formula is C21H25BrN2O5. The van der Waals surface area contributed by atoms with Crippen LogP contribution in [-0.4, -0.2) is 32.1 Å². The summed E-state index contributed by atoms with van der Waals surface area (Å²) in [6.45, 7) is 4.62. The summed E-state index contributed by atoms with van der Waals surface area (Å²) in [6, 6.07) is 11.8. The zero-order valence-electron chi connectivity index (χ0n) is 16.7. The molecule has 0 saturated carbocycles. The molecule has 8 heteroatoms. The van der Waals surface area contributed by atoms with Gasteiger partial charge in [-0.2, -0.15) is 0 Å². The van der Waals surface area contributed by atoms with Gasteiger partial charge in [0.25, 0.3) is 11.8 Å². The van der Waals surface area contributed by atoms with Gasteiger partial charge in [0, 0.05) is 5.56 Å². The number of rotatable bonds is 9. The van der Waals surface area contributed by atoms with Crippen molar-refractivity contribution in [2.75, 3.05) is 20.3 Å². The summed E-state index contributed by atoms with van der Waals surface area (Å²) >= 11 is 3.40. The minimum Gasteiger partial charge on any atom is -0.497 e. The first-order valence-electron chi connectivity index (χ1n) is 9.17. The Morgan fingerprint density at radius 1 is 1.00 bits per heavy atom. The minimum absolute atomic E-state index is 0.237. The predicted octanol–water partition coefficient (Wildman–Crippen LogP) is 3.72. The van der Waals surface area contributed by atoms with E-state index in [0.29, 0.717) is 39.8 Å². The highest BCUT2D eigenvalue weighted by Crippen LogP contribution is 2.26. The topological polar surface area (TPSA) is 85.9 Å². The predicted molar refractivity (Wildman–Crippen MR) is 113 cm³/mol. The molecule has 2 aromatic rings. The van der Waals surface area contributed by atoms with Crippen LogP contribution in [0.2, 0.25) is 0 Å². The molecule has 2 N–H and O–H groups in total. The number of hydrazine groups is 1. The standard InChI is InChI=1S/C21H25BrN2O5/c1-14(2)10-11-28-19-9-4-15(12-18(19)22)21(26)24-23-20(25)13-29-17-7-5-16(27-3)6-8-17/h4-9,12,14H,10-11,13H2,1-3H3,(H,23,25)(H,24,26). The zero-order chi connectivity index (χ0) is 21.2. The number of carbonyl (C=O) groups excluding carboxylic acids is 2. The molecule has 0 aliphatic rings. The summed E-state index contributed by atoms with van der Waals surface area (Å²) in [6.07, 6.45) is 0.944. The van der Waals surface area contributed by atoms with Gasteiger partial charge in [-0.3, -0.25) is 20.4 Å². The minimum atomic E-state index is -0.484. The molecule has 0 aliphatic heterocycles. The van der Waals surface area contributed by atoms with Crippen LogP contribution >= 0.6 is 15.9 Å². The van der Waals surface area contributed by atoms with Crippen molar-refractivity contribution in [3.8, 4) is 17.2 Å². The summed E-state index contributed by atoms with van der Waals surface area (Å²) in [5, 5.41) is 0. The van der Waals surface area contributed by atoms with Gasteiger partial charge in [0.2, 0.25) is 0 Å². The lowest BCUT2D eigenvalue weighted by Crippen LogP contribution is -2.43. The van der Waals surface area contributed by atoms with Gasteiger partial charge in [0.05, 0.1) is 18.2 Å². The first kappa shape index (κ1) is 22.5. The lowest BCUT2D eigenvalue weighted by atomic mass is 10.1. The van der Waals surface area contributed by atoms with Crippen LogP contribution in [0.5, 0.6) is 17.2 Å². The second-order valence-corrected chi connectivity index (χ2v) is 7.50. The molecular weight excluding hydrogens is 440 g/mol. The summed E-state index contributed by atoms with van der Waals surface area (Å²) in [5.74, 6) is 1.50. The van der Waals surface area contributed by atoms with E-state index in [1.165, 1.54) is 0 Å². The molecule has 2 amide bonds. The molecule has 0 fully saturated rings. The molecule has 0 radical (unpaired) electrons. The summed E-state index contributed by atoms with van der Waals surface area (Å²) < 4.78 is 16.8. The zero-order valence-corrected chi connectivity index (χ0v) is 18.2. The van der Waals surface area contributed by atoms with Gasteiger partial charge < -0.3 is 14.2 Å². The molecule has 0 heterocycles. The lowest BCUT2D eigenvalue weighted by Gasteiger charge is -2.12. The van der Waals surface area contributed by atoms with Gasteiger partial charge in [0.15, 0.2) is 6.61 Å². The number of hydrogen-bond acceptors (Lipinski definition) is 5. The van der Waals surface area contributed by atoms with Crippen LogP contribution in [0.25, 0.3) is 0 Å². The Hall–Kier alpha value is -2.74. The molecule has 156 valence electrons. The molecule has 0 aromatic heterocycles. The summed E-state index contributed by atoms with van der Waals surface area (Å²) in [7, 11) is 1.57. The van der Waals surface area contributed by atoms with Gasteiger partial charge in [0.1, 0.15) is 17.2 Å². The highest BCUT2D eigenvalue weighted by Gasteiger charge is 2.11. The maximum absolute atomic E-state index is 12.2. The number of ether oxygens (including phenoxy) is 3. The third-order valence-electron chi connectivity index (χ3n) is 3.89. The molecule has 0 atom stereocenters. The van der Waals surface area contributed by atoms with Crippen LogP contribution in [0.3, 0.4) is 0 Å². The largest absolute Gasteiger partial charge is 0.497 e. The van der Waals surface area contributed by atoms with E-state index in [1.54, 1.807) is 49.6 Å². The second-order valence-electron chi connectivity index (χ2n) is 6.64. The molecule has 2 rings (SSSR count). The van der Waals surface area contributed by atoms with E-state index in [4.69, 9.17) is 14.2 Å². The lowest BCUT2D eigenvalue weighted by molar-refractivity contribution is -0.123. The van der Waals surface area contributed by atoms with E-state index in [-0.39, 0.29) is 6.61 Å². The van der Waals surface area contributed by atoms with Crippen molar-refractivity contribution < 1.29 is 23.8 Å². The van der Waals surface area contributed by atoms with E-state index in [2.05, 4.69) is 40.6 Å². The van der Waals surface area contributed by atoms with E-state index < -0.39 is 11.8 Å². The number of nitrogens with one attached hydrogen (secondary N) is 2. The van der Waals surface area contributed by atoms with Crippen molar-refractivity contribution in [1.82, 2.24) is 10.9 Å². The Morgan fingerprint density at radius 3 is 2.31 bits per heavy atom. The second kappa shape index (κ2) is 11.3. The molecule has 2 aromatic carbocycles. The highest BCUT2D eigenvalue weighted by atomic mass is 79.9. The van der Waals surface area contributed by atoms with Crippen LogP contribution in [0, 0.1) is 5.92 Å². The van der Waals surface area contributed by atoms with Gasteiger partial charge in [-0.05, 0) is 70.7 Å². The normalized spacial score (nSPS) is 10.4. The summed E-state index contributed by atoms with van der Waals surface area (Å²) in [4.78, 5) is 24.1. The van der Waals surface area contributed by atoms with Gasteiger partial charge in [-0.25, -0.2) is 0 Å². The average molecular weight is 465 g/mol. The van der Waals surface area contributed by atoms with Gasteiger partial charge >= 0.3 is 0 Å². The van der Waals surface area contributed by atoms with E-state index in [9.17, 15) is 9.59 Å². The first-order chi connectivity index (χ1) is 13.9. The van der Waals surface area contributed by atoms with Crippen molar-refractivity contribution in [2.45, 2.75) is 20.3 Å². The number of methoxy groups -OCH3 is 1.